The number of hydrogen-bond acceptors (Lipinski definition) is 3. The molecule has 2 N–H and O–H groups in total. The van der Waals surface area contributed by atoms with Crippen molar-refractivity contribution in [1.82, 2.24) is 14.6 Å². The lowest BCUT2D eigenvalue weighted by Gasteiger charge is -2.14. The van der Waals surface area contributed by atoms with E-state index in [1.165, 1.54) is 23.9 Å². The lowest BCUT2D eigenvalue weighted by Crippen LogP contribution is -2.28. The highest BCUT2D eigenvalue weighted by molar-refractivity contribution is 9.10. The number of nitrogens with one attached hydrogen (secondary N) is 2. The first-order valence-electron chi connectivity index (χ1n) is 6.91. The van der Waals surface area contributed by atoms with Crippen LogP contribution in [0.3, 0.4) is 0 Å². The zero-order chi connectivity index (χ0) is 17.2. The molecule has 0 saturated heterocycles. The van der Waals surface area contributed by atoms with E-state index in [1.54, 1.807) is 7.05 Å². The highest BCUT2D eigenvalue weighted by atomic mass is 79.9. The van der Waals surface area contributed by atoms with Crippen LogP contribution in [-0.4, -0.2) is 25.9 Å². The summed E-state index contributed by atoms with van der Waals surface area (Å²) < 4.78 is 28.3. The minimum absolute atomic E-state index is 0.0592. The van der Waals surface area contributed by atoms with Gasteiger partial charge >= 0.3 is 0 Å². The predicted molar refractivity (Wildman–Crippen MR) is 91.7 cm³/mol. The Hall–Kier alpha value is -1.64. The molecule has 1 aromatic heterocycles. The lowest BCUT2D eigenvalue weighted by atomic mass is 10.1. The molecule has 1 unspecified atom stereocenters. The van der Waals surface area contributed by atoms with E-state index >= 15 is 0 Å². The zero-order valence-corrected chi connectivity index (χ0v) is 15.4. The molecule has 0 aliphatic rings. The highest BCUT2D eigenvalue weighted by Gasteiger charge is 2.20. The number of aryl methyl sites for hydroxylation is 1. The van der Waals surface area contributed by atoms with Crippen molar-refractivity contribution >= 4 is 31.9 Å². The van der Waals surface area contributed by atoms with Crippen LogP contribution in [0.5, 0.6) is 0 Å². The third-order valence-corrected chi connectivity index (χ3v) is 5.42. The summed E-state index contributed by atoms with van der Waals surface area (Å²) in [6.45, 7) is 1.87. The van der Waals surface area contributed by atoms with Gasteiger partial charge in [-0.05, 0) is 37.7 Å². The van der Waals surface area contributed by atoms with Crippen LogP contribution in [0, 0.1) is 0 Å². The Bertz CT molecular complexity index is 813. The van der Waals surface area contributed by atoms with Crippen molar-refractivity contribution in [3.8, 4) is 0 Å². The Labute approximate surface area is 144 Å². The smallest absolute Gasteiger partial charge is 0.268 e. The molecule has 0 fully saturated rings. The number of halogens is 1. The topological polar surface area (TPSA) is 80.2 Å². The molecular weight excluding hydrogens is 382 g/mol. The first-order valence-corrected chi connectivity index (χ1v) is 9.18. The van der Waals surface area contributed by atoms with Crippen molar-refractivity contribution in [2.75, 3.05) is 7.05 Å². The molecule has 23 heavy (non-hydrogen) atoms. The van der Waals surface area contributed by atoms with Gasteiger partial charge in [-0.3, -0.25) is 4.79 Å². The van der Waals surface area contributed by atoms with Crippen LogP contribution in [0.15, 0.2) is 45.9 Å². The fraction of sp³-hybridized carbons (Fsp3) is 0.267. The van der Waals surface area contributed by atoms with Gasteiger partial charge in [-0.25, -0.2) is 13.1 Å². The summed E-state index contributed by atoms with van der Waals surface area (Å²) in [5, 5.41) is 2.87. The fourth-order valence-corrected chi connectivity index (χ4v) is 3.19. The first-order chi connectivity index (χ1) is 10.7. The molecule has 2 rings (SSSR count). The maximum atomic E-state index is 12.4. The fourth-order valence-electron chi connectivity index (χ4n) is 2.13. The van der Waals surface area contributed by atoms with Crippen molar-refractivity contribution in [3.63, 3.8) is 0 Å². The van der Waals surface area contributed by atoms with E-state index in [-0.39, 0.29) is 22.5 Å². The van der Waals surface area contributed by atoms with Crippen LogP contribution in [0.1, 0.15) is 29.0 Å². The van der Waals surface area contributed by atoms with E-state index in [0.29, 0.717) is 0 Å². The number of carbonyl (C=O) groups is 1. The van der Waals surface area contributed by atoms with E-state index in [4.69, 9.17) is 0 Å². The number of nitrogens with zero attached hydrogens (tertiary/aromatic N) is 1. The van der Waals surface area contributed by atoms with Gasteiger partial charge in [0.2, 0.25) is 10.0 Å². The molecule has 0 radical (unpaired) electrons. The molecule has 0 aliphatic heterocycles. The molecule has 8 heteroatoms. The Morgan fingerprint density at radius 1 is 1.26 bits per heavy atom. The van der Waals surface area contributed by atoms with Gasteiger partial charge in [0.25, 0.3) is 5.91 Å². The number of amides is 1. The second kappa shape index (κ2) is 6.86. The van der Waals surface area contributed by atoms with E-state index in [1.807, 2.05) is 31.2 Å². The average Bonchev–Trinajstić information content (AvgIpc) is 2.90. The molecule has 1 amide bonds. The molecule has 6 nitrogen and oxygen atoms in total. The summed E-state index contributed by atoms with van der Waals surface area (Å²) in [5.74, 6) is -0.333. The molecular formula is C15H18BrN3O3S. The van der Waals surface area contributed by atoms with E-state index < -0.39 is 10.0 Å². The second-order valence-corrected chi connectivity index (χ2v) is 7.93. The summed E-state index contributed by atoms with van der Waals surface area (Å²) in [6, 6.07) is 8.79. The van der Waals surface area contributed by atoms with Crippen LogP contribution in [0.4, 0.5) is 0 Å². The lowest BCUT2D eigenvalue weighted by molar-refractivity contribution is 0.0931. The van der Waals surface area contributed by atoms with Crippen LogP contribution in [-0.2, 0) is 17.1 Å². The normalized spacial score (nSPS) is 12.9. The molecule has 0 bridgehead atoms. The van der Waals surface area contributed by atoms with Gasteiger partial charge in [0, 0.05) is 17.7 Å². The van der Waals surface area contributed by atoms with Gasteiger partial charge in [-0.1, -0.05) is 28.1 Å². The Morgan fingerprint density at radius 3 is 2.43 bits per heavy atom. The Morgan fingerprint density at radius 2 is 1.87 bits per heavy atom. The number of benzene rings is 1. The number of rotatable bonds is 5. The van der Waals surface area contributed by atoms with Gasteiger partial charge < -0.3 is 9.88 Å². The third-order valence-electron chi connectivity index (χ3n) is 3.51. The molecule has 2 aromatic rings. The summed E-state index contributed by atoms with van der Waals surface area (Å²) in [5.41, 5.74) is 1.24. The van der Waals surface area contributed by atoms with E-state index in [2.05, 4.69) is 26.0 Å². The van der Waals surface area contributed by atoms with Gasteiger partial charge in [0.1, 0.15) is 10.6 Å². The summed E-state index contributed by atoms with van der Waals surface area (Å²) in [7, 11) is -0.611. The van der Waals surface area contributed by atoms with Crippen LogP contribution in [0.2, 0.25) is 0 Å². The third kappa shape index (κ3) is 4.01. The van der Waals surface area contributed by atoms with Gasteiger partial charge in [-0.2, -0.15) is 0 Å². The standard InChI is InChI=1S/C15H18BrN3O3S/c1-10(11-4-6-12(16)7-5-11)18-15(20)14-8-13(9-19(14)3)23(21,22)17-2/h4-10,17H,1-3H3,(H,18,20). The van der Waals surface area contributed by atoms with Crippen LogP contribution >= 0.6 is 15.9 Å². The van der Waals surface area contributed by atoms with Crippen molar-refractivity contribution in [3.05, 3.63) is 52.3 Å². The first kappa shape index (κ1) is 17.7. The highest BCUT2D eigenvalue weighted by Crippen LogP contribution is 2.18. The minimum atomic E-state index is -3.57. The molecule has 124 valence electrons. The number of sulfonamides is 1. The molecule has 0 spiro atoms. The maximum Gasteiger partial charge on any atom is 0.268 e. The predicted octanol–water partition coefficient (Wildman–Crippen LogP) is 2.19. The molecule has 0 aliphatic carbocycles. The number of aromatic nitrogens is 1. The van der Waals surface area contributed by atoms with E-state index in [0.717, 1.165) is 10.0 Å². The van der Waals surface area contributed by atoms with Crippen molar-refractivity contribution in [2.45, 2.75) is 17.9 Å². The van der Waals surface area contributed by atoms with Gasteiger partial charge in [0.05, 0.1) is 6.04 Å². The van der Waals surface area contributed by atoms with Crippen molar-refractivity contribution in [2.24, 2.45) is 7.05 Å². The average molecular weight is 400 g/mol. The molecule has 0 saturated carbocycles. The SMILES string of the molecule is CNS(=O)(=O)c1cc(C(=O)NC(C)c2ccc(Br)cc2)n(C)c1. The van der Waals surface area contributed by atoms with Crippen molar-refractivity contribution < 1.29 is 13.2 Å². The summed E-state index contributed by atoms with van der Waals surface area (Å²) in [4.78, 5) is 12.4. The number of carbonyl (C=O) groups excluding carboxylic acids is 1. The zero-order valence-electron chi connectivity index (χ0n) is 13.0. The quantitative estimate of drug-likeness (QED) is 0.808. The van der Waals surface area contributed by atoms with Crippen molar-refractivity contribution in [1.29, 1.82) is 0 Å². The summed E-state index contributed by atoms with van der Waals surface area (Å²) >= 11 is 3.37. The number of hydrogen-bond donors (Lipinski definition) is 2. The molecule has 1 atom stereocenters. The molecule has 1 aromatic carbocycles. The minimum Gasteiger partial charge on any atom is -0.345 e. The van der Waals surface area contributed by atoms with Crippen LogP contribution in [0.25, 0.3) is 0 Å². The monoisotopic (exact) mass is 399 g/mol. The Kier molecular flexibility index (Phi) is 5.28. The Balaban J connectivity index is 2.19. The van der Waals surface area contributed by atoms with Crippen LogP contribution < -0.4 is 10.0 Å². The maximum absolute atomic E-state index is 12.4. The van der Waals surface area contributed by atoms with E-state index in [9.17, 15) is 13.2 Å². The van der Waals surface area contributed by atoms with Gasteiger partial charge in [0.15, 0.2) is 0 Å². The second-order valence-electron chi connectivity index (χ2n) is 5.13. The molecule has 1 heterocycles. The van der Waals surface area contributed by atoms with Gasteiger partial charge in [-0.15, -0.1) is 0 Å². The largest absolute Gasteiger partial charge is 0.345 e. The summed E-state index contributed by atoms with van der Waals surface area (Å²) in [6.07, 6.45) is 1.41.